The van der Waals surface area contributed by atoms with Crippen molar-refractivity contribution in [3.8, 4) is 0 Å². The smallest absolute Gasteiger partial charge is 0.744 e. The number of allylic oxidation sites excluding steroid dienone is 4. The van der Waals surface area contributed by atoms with Crippen LogP contribution in [0.2, 0.25) is 0 Å². The largest absolute Gasteiger partial charge is 1.00 e. The Morgan fingerprint density at radius 1 is 0.509 bits per heavy atom. The molecule has 310 valence electrons. The normalized spacial score (nSPS) is 11.7. The van der Waals surface area contributed by atoms with Crippen LogP contribution in [-0.4, -0.2) is 38.1 Å². The number of hydrogen-bond acceptors (Lipinski definition) is 7. The average molecular weight is 797 g/mol. The minimum absolute atomic E-state index is 0. The van der Waals surface area contributed by atoms with Gasteiger partial charge in [0, 0.05) is 0 Å². The van der Waals surface area contributed by atoms with Gasteiger partial charge in [-0.15, -0.1) is 0 Å². The van der Waals surface area contributed by atoms with Gasteiger partial charge in [-0.1, -0.05) is 173 Å². The van der Waals surface area contributed by atoms with Crippen LogP contribution >= 0.6 is 0 Å². The molecule has 0 heterocycles. The number of benzene rings is 1. The molecule has 0 atom stereocenters. The number of carbonyl (C=O) groups excluding carboxylic acids is 2. The Morgan fingerprint density at radius 2 is 0.836 bits per heavy atom. The summed E-state index contributed by atoms with van der Waals surface area (Å²) in [6.07, 6.45) is 44.7. The summed E-state index contributed by atoms with van der Waals surface area (Å²) in [6, 6.07) is 3.61. The van der Waals surface area contributed by atoms with Gasteiger partial charge in [0.2, 0.25) is 0 Å². The fourth-order valence-electron chi connectivity index (χ4n) is 6.65. The first-order chi connectivity index (χ1) is 26.3. The minimum Gasteiger partial charge on any atom is -0.744 e. The number of carbonyl (C=O) groups is 2. The van der Waals surface area contributed by atoms with Gasteiger partial charge < -0.3 is 14.0 Å². The van der Waals surface area contributed by atoms with Gasteiger partial charge in [-0.2, -0.15) is 0 Å². The summed E-state index contributed by atoms with van der Waals surface area (Å²) < 4.78 is 46.7. The van der Waals surface area contributed by atoms with Crippen LogP contribution in [0.1, 0.15) is 227 Å². The van der Waals surface area contributed by atoms with Crippen molar-refractivity contribution in [2.24, 2.45) is 0 Å². The molecule has 0 amide bonds. The summed E-state index contributed by atoms with van der Waals surface area (Å²) in [7, 11) is -5.02. The van der Waals surface area contributed by atoms with Crippen molar-refractivity contribution in [1.29, 1.82) is 0 Å². The van der Waals surface area contributed by atoms with Crippen molar-refractivity contribution in [1.82, 2.24) is 0 Å². The third-order valence-electron chi connectivity index (χ3n) is 10.00. The molecule has 0 unspecified atom stereocenters. The summed E-state index contributed by atoms with van der Waals surface area (Å²) in [6.45, 7) is 4.73. The van der Waals surface area contributed by atoms with Gasteiger partial charge in [0.05, 0.1) is 29.2 Å². The predicted molar refractivity (Wildman–Crippen MR) is 223 cm³/mol. The van der Waals surface area contributed by atoms with E-state index < -0.39 is 32.5 Å². The van der Waals surface area contributed by atoms with Gasteiger partial charge in [0.1, 0.15) is 10.1 Å². The van der Waals surface area contributed by atoms with E-state index in [0.717, 1.165) is 76.7 Å². The Hall–Kier alpha value is -1.45. The summed E-state index contributed by atoms with van der Waals surface area (Å²) >= 11 is 0. The molecule has 0 spiro atoms. The summed E-state index contributed by atoms with van der Waals surface area (Å²) in [4.78, 5) is 25.2. The van der Waals surface area contributed by atoms with Crippen LogP contribution in [0.25, 0.3) is 0 Å². The first-order valence-corrected chi connectivity index (χ1v) is 23.5. The topological polar surface area (TPSA) is 110 Å². The third kappa shape index (κ3) is 30.3. The van der Waals surface area contributed by atoms with Crippen LogP contribution in [0.5, 0.6) is 0 Å². The van der Waals surface area contributed by atoms with Crippen molar-refractivity contribution in [2.45, 2.75) is 211 Å². The Bertz CT molecular complexity index is 1240. The monoisotopic (exact) mass is 797 g/mol. The second-order valence-electron chi connectivity index (χ2n) is 15.0. The number of esters is 2. The Kier molecular flexibility index (Phi) is 37.1. The second-order valence-corrected chi connectivity index (χ2v) is 16.3. The molecule has 0 radical (unpaired) electrons. The number of rotatable bonds is 37. The molecule has 0 aromatic heterocycles. The summed E-state index contributed by atoms with van der Waals surface area (Å²) in [5.74, 6) is -1.83. The molecule has 0 N–H and O–H groups in total. The van der Waals surface area contributed by atoms with Crippen LogP contribution in [0, 0.1) is 0 Å². The Labute approximate surface area is 359 Å². The SMILES string of the molecule is CCCCCCCCCC/C=C/CCCCCCCOC(=O)c1cccc(S(=O)(=O)[O-])c1C(=O)OCCCCCCC/C=C/CCCCCCCCCC.[Na+]. The van der Waals surface area contributed by atoms with Crippen molar-refractivity contribution in [2.75, 3.05) is 13.2 Å². The summed E-state index contributed by atoms with van der Waals surface area (Å²) in [5.41, 5.74) is -0.794. The van der Waals surface area contributed by atoms with Gasteiger partial charge in [-0.25, -0.2) is 18.0 Å². The fraction of sp³-hybridized carbons (Fsp3) is 0.739. The van der Waals surface area contributed by atoms with E-state index in [-0.39, 0.29) is 48.3 Å². The number of unbranched alkanes of at least 4 members (excludes halogenated alkanes) is 26. The second kappa shape index (κ2) is 38.1. The molecular formula is C46H77NaO7S. The van der Waals surface area contributed by atoms with Crippen LogP contribution in [-0.2, 0) is 19.6 Å². The Balaban J connectivity index is 0.0000292. The molecule has 9 heteroatoms. The zero-order chi connectivity index (χ0) is 39.4. The van der Waals surface area contributed by atoms with Gasteiger partial charge in [0.15, 0.2) is 0 Å². The molecule has 1 aromatic rings. The van der Waals surface area contributed by atoms with E-state index in [4.69, 9.17) is 9.47 Å². The van der Waals surface area contributed by atoms with Gasteiger partial charge in [-0.05, 0) is 76.3 Å². The predicted octanol–water partition coefficient (Wildman–Crippen LogP) is 10.8. The van der Waals surface area contributed by atoms with E-state index in [1.807, 2.05) is 0 Å². The van der Waals surface area contributed by atoms with Gasteiger partial charge >= 0.3 is 41.5 Å². The quantitative estimate of drug-likeness (QED) is 0.0217. The zero-order valence-corrected chi connectivity index (χ0v) is 38.3. The first kappa shape index (κ1) is 53.6. The maximum atomic E-state index is 13.0. The fourth-order valence-corrected chi connectivity index (χ4v) is 7.34. The van der Waals surface area contributed by atoms with Crippen molar-refractivity contribution >= 4 is 22.1 Å². The molecule has 1 rings (SSSR count). The maximum absolute atomic E-state index is 13.0. The molecule has 7 nitrogen and oxygen atoms in total. The van der Waals surface area contributed by atoms with Crippen molar-refractivity contribution < 1.29 is 61.6 Å². The van der Waals surface area contributed by atoms with Crippen LogP contribution in [0.4, 0.5) is 0 Å². The molecule has 0 aliphatic heterocycles. The van der Waals surface area contributed by atoms with Crippen LogP contribution in [0.15, 0.2) is 47.4 Å². The standard InChI is InChI=1S/C46H78O7S.Na/c1-3-5-7-9-11-13-15-17-19-21-23-25-27-29-31-33-35-40-52-45(47)42-38-37-39-43(54(49,50)51)44(42)46(48)53-41-36-34-32-30-28-26-24-22-20-18-16-14-12-10-8-6-4-2;/h21-24,37-39H,3-20,25-36,40-41H2,1-2H3,(H,49,50,51);/q;+1/p-1/b23-21+,24-22+;. The first-order valence-electron chi connectivity index (χ1n) is 22.1. The van der Waals surface area contributed by atoms with E-state index in [9.17, 15) is 22.6 Å². The van der Waals surface area contributed by atoms with E-state index in [0.29, 0.717) is 12.8 Å². The Morgan fingerprint density at radius 3 is 1.20 bits per heavy atom. The number of hydrogen-bond donors (Lipinski definition) is 0. The molecule has 0 aliphatic rings. The zero-order valence-electron chi connectivity index (χ0n) is 35.4. The maximum Gasteiger partial charge on any atom is 1.00 e. The molecule has 0 bridgehead atoms. The van der Waals surface area contributed by atoms with Gasteiger partial charge in [-0.3, -0.25) is 0 Å². The van der Waals surface area contributed by atoms with Crippen LogP contribution in [0.3, 0.4) is 0 Å². The molecule has 0 fully saturated rings. The van der Waals surface area contributed by atoms with Crippen LogP contribution < -0.4 is 29.6 Å². The van der Waals surface area contributed by atoms with E-state index in [1.54, 1.807) is 0 Å². The summed E-state index contributed by atoms with van der Waals surface area (Å²) in [5, 5.41) is 0. The minimum atomic E-state index is -5.02. The van der Waals surface area contributed by atoms with Crippen molar-refractivity contribution in [3.05, 3.63) is 53.6 Å². The van der Waals surface area contributed by atoms with Crippen molar-refractivity contribution in [3.63, 3.8) is 0 Å². The van der Waals surface area contributed by atoms with E-state index in [2.05, 4.69) is 38.2 Å². The van der Waals surface area contributed by atoms with Gasteiger partial charge in [0.25, 0.3) is 0 Å². The average Bonchev–Trinajstić information content (AvgIpc) is 3.16. The van der Waals surface area contributed by atoms with E-state index in [1.165, 1.54) is 121 Å². The molecule has 55 heavy (non-hydrogen) atoms. The molecule has 0 saturated carbocycles. The number of ether oxygens (including phenoxy) is 2. The molecule has 0 saturated heterocycles. The molecule has 1 aromatic carbocycles. The third-order valence-corrected chi connectivity index (χ3v) is 10.9. The molecular weight excluding hydrogens is 720 g/mol. The molecule has 0 aliphatic carbocycles. The van der Waals surface area contributed by atoms with E-state index >= 15 is 0 Å².